The zero-order valence-electron chi connectivity index (χ0n) is 14.3. The van der Waals surface area contributed by atoms with Crippen LogP contribution in [0.15, 0.2) is 52.8 Å². The first-order chi connectivity index (χ1) is 11.5. The van der Waals surface area contributed by atoms with E-state index in [0.717, 1.165) is 33.7 Å². The molecule has 0 saturated carbocycles. The highest BCUT2D eigenvalue weighted by Gasteiger charge is 2.09. The minimum absolute atomic E-state index is 0.358. The average molecular weight is 345 g/mol. The minimum Gasteiger partial charge on any atom is -0.399 e. The topological polar surface area (TPSA) is 43.2 Å². The number of hydrogen-bond donors (Lipinski definition) is 0. The molecule has 0 aliphatic carbocycles. The predicted molar refractivity (Wildman–Crippen MR) is 98.9 cm³/mol. The SMILES string of the molecule is CO/N=C(/C)c1cccc(C)c1CO/N=C(\C)c1cccc(Cl)c1. The van der Waals surface area contributed by atoms with Crippen molar-refractivity contribution in [3.05, 3.63) is 69.7 Å². The van der Waals surface area contributed by atoms with E-state index >= 15 is 0 Å². The Morgan fingerprint density at radius 2 is 1.79 bits per heavy atom. The largest absolute Gasteiger partial charge is 0.399 e. The smallest absolute Gasteiger partial charge is 0.143 e. The van der Waals surface area contributed by atoms with Crippen LogP contribution in [0.2, 0.25) is 5.02 Å². The van der Waals surface area contributed by atoms with Crippen molar-refractivity contribution in [1.29, 1.82) is 0 Å². The van der Waals surface area contributed by atoms with E-state index in [9.17, 15) is 0 Å². The van der Waals surface area contributed by atoms with Crippen LogP contribution in [0, 0.1) is 6.92 Å². The molecule has 2 aromatic rings. The molecule has 0 N–H and O–H groups in total. The summed E-state index contributed by atoms with van der Waals surface area (Å²) in [6.45, 7) is 6.19. The van der Waals surface area contributed by atoms with Crippen LogP contribution >= 0.6 is 11.6 Å². The summed E-state index contributed by atoms with van der Waals surface area (Å²) >= 11 is 6.00. The number of rotatable bonds is 6. The van der Waals surface area contributed by atoms with E-state index in [1.165, 1.54) is 7.11 Å². The molecule has 0 saturated heterocycles. The highest BCUT2D eigenvalue weighted by molar-refractivity contribution is 6.31. The second-order valence-electron chi connectivity index (χ2n) is 5.42. The van der Waals surface area contributed by atoms with Crippen molar-refractivity contribution in [2.24, 2.45) is 10.3 Å². The van der Waals surface area contributed by atoms with Crippen molar-refractivity contribution in [3.8, 4) is 0 Å². The molecular formula is C19H21ClN2O2. The van der Waals surface area contributed by atoms with Gasteiger partial charge >= 0.3 is 0 Å². The first kappa shape index (κ1) is 18.0. The molecule has 0 aliphatic rings. The predicted octanol–water partition coefficient (Wildman–Crippen LogP) is 4.96. The van der Waals surface area contributed by atoms with Crippen LogP contribution < -0.4 is 0 Å². The lowest BCUT2D eigenvalue weighted by atomic mass is 10.00. The van der Waals surface area contributed by atoms with E-state index in [2.05, 4.69) is 10.3 Å². The van der Waals surface area contributed by atoms with Gasteiger partial charge in [-0.3, -0.25) is 0 Å². The summed E-state index contributed by atoms with van der Waals surface area (Å²) in [6, 6.07) is 13.6. The molecule has 126 valence electrons. The minimum atomic E-state index is 0.358. The zero-order valence-corrected chi connectivity index (χ0v) is 15.1. The Bertz CT molecular complexity index is 770. The Labute approximate surface area is 147 Å². The van der Waals surface area contributed by atoms with Crippen molar-refractivity contribution >= 4 is 23.0 Å². The highest BCUT2D eigenvalue weighted by atomic mass is 35.5. The lowest BCUT2D eigenvalue weighted by Gasteiger charge is -2.11. The third kappa shape index (κ3) is 4.59. The van der Waals surface area contributed by atoms with Crippen molar-refractivity contribution in [2.45, 2.75) is 27.4 Å². The van der Waals surface area contributed by atoms with Crippen molar-refractivity contribution in [1.82, 2.24) is 0 Å². The van der Waals surface area contributed by atoms with Gasteiger partial charge in [-0.05, 0) is 38.5 Å². The summed E-state index contributed by atoms with van der Waals surface area (Å²) in [5, 5.41) is 8.89. The molecule has 2 aromatic carbocycles. The summed E-state index contributed by atoms with van der Waals surface area (Å²) in [5.41, 5.74) is 5.66. The maximum Gasteiger partial charge on any atom is 0.143 e. The van der Waals surface area contributed by atoms with Gasteiger partial charge in [-0.15, -0.1) is 0 Å². The fraction of sp³-hybridized carbons (Fsp3) is 0.263. The summed E-state index contributed by atoms with van der Waals surface area (Å²) in [4.78, 5) is 10.4. The normalized spacial score (nSPS) is 12.2. The van der Waals surface area contributed by atoms with Gasteiger partial charge in [-0.25, -0.2) is 0 Å². The molecule has 0 fully saturated rings. The van der Waals surface area contributed by atoms with Crippen molar-refractivity contribution in [2.75, 3.05) is 7.11 Å². The molecule has 5 heteroatoms. The van der Waals surface area contributed by atoms with Crippen LogP contribution in [0.25, 0.3) is 0 Å². The van der Waals surface area contributed by atoms with Gasteiger partial charge in [-0.1, -0.05) is 52.2 Å². The summed E-state index contributed by atoms with van der Waals surface area (Å²) in [5.74, 6) is 0. The molecule has 0 unspecified atom stereocenters. The Hall–Kier alpha value is -2.33. The number of aryl methyl sites for hydroxylation is 1. The van der Waals surface area contributed by atoms with E-state index in [-0.39, 0.29) is 0 Å². The number of benzene rings is 2. The quantitative estimate of drug-likeness (QED) is 0.549. The maximum atomic E-state index is 6.00. The lowest BCUT2D eigenvalue weighted by molar-refractivity contribution is 0.130. The molecule has 24 heavy (non-hydrogen) atoms. The Kier molecular flexibility index (Phi) is 6.38. The monoisotopic (exact) mass is 344 g/mol. The number of halogens is 1. The van der Waals surface area contributed by atoms with Gasteiger partial charge in [0.25, 0.3) is 0 Å². The van der Waals surface area contributed by atoms with Gasteiger partial charge in [-0.2, -0.15) is 0 Å². The fourth-order valence-corrected chi connectivity index (χ4v) is 2.57. The van der Waals surface area contributed by atoms with Gasteiger partial charge in [0.05, 0.1) is 11.4 Å². The standard InChI is InChI=1S/C19H21ClN2O2/c1-13-7-5-10-18(15(3)21-23-4)19(13)12-24-22-14(2)16-8-6-9-17(20)11-16/h5-11H,12H2,1-4H3/b21-15-,22-14+. The van der Waals surface area contributed by atoms with Crippen LogP contribution in [0.3, 0.4) is 0 Å². The number of hydrogen-bond acceptors (Lipinski definition) is 4. The molecule has 0 aliphatic heterocycles. The fourth-order valence-electron chi connectivity index (χ4n) is 2.38. The van der Waals surface area contributed by atoms with Crippen LogP contribution in [0.5, 0.6) is 0 Å². The van der Waals surface area contributed by atoms with Gasteiger partial charge in [0.15, 0.2) is 0 Å². The average Bonchev–Trinajstić information content (AvgIpc) is 2.56. The van der Waals surface area contributed by atoms with Gasteiger partial charge < -0.3 is 9.68 Å². The maximum absolute atomic E-state index is 6.00. The van der Waals surface area contributed by atoms with E-state index in [1.54, 1.807) is 0 Å². The molecule has 0 radical (unpaired) electrons. The molecule has 0 amide bonds. The van der Waals surface area contributed by atoms with E-state index in [0.29, 0.717) is 11.6 Å². The molecule has 0 atom stereocenters. The lowest BCUT2D eigenvalue weighted by Crippen LogP contribution is -2.05. The van der Waals surface area contributed by atoms with E-state index < -0.39 is 0 Å². The van der Waals surface area contributed by atoms with E-state index in [4.69, 9.17) is 21.3 Å². The number of oxime groups is 2. The third-order valence-electron chi connectivity index (χ3n) is 3.68. The first-order valence-electron chi connectivity index (χ1n) is 7.62. The molecular weight excluding hydrogens is 324 g/mol. The van der Waals surface area contributed by atoms with Crippen LogP contribution in [0.1, 0.15) is 36.1 Å². The van der Waals surface area contributed by atoms with Crippen LogP contribution in [-0.2, 0) is 16.3 Å². The Balaban J connectivity index is 2.17. The van der Waals surface area contributed by atoms with Crippen LogP contribution in [0.4, 0.5) is 0 Å². The molecule has 0 spiro atoms. The molecule has 2 rings (SSSR count). The Morgan fingerprint density at radius 3 is 2.50 bits per heavy atom. The molecule has 4 nitrogen and oxygen atoms in total. The number of nitrogens with zero attached hydrogens (tertiary/aromatic N) is 2. The second kappa shape index (κ2) is 8.50. The van der Waals surface area contributed by atoms with Gasteiger partial charge in [0, 0.05) is 21.7 Å². The third-order valence-corrected chi connectivity index (χ3v) is 3.92. The van der Waals surface area contributed by atoms with Gasteiger partial charge in [0.2, 0.25) is 0 Å². The summed E-state index contributed by atoms with van der Waals surface area (Å²) < 4.78 is 0. The highest BCUT2D eigenvalue weighted by Crippen LogP contribution is 2.17. The van der Waals surface area contributed by atoms with Crippen molar-refractivity contribution in [3.63, 3.8) is 0 Å². The van der Waals surface area contributed by atoms with E-state index in [1.807, 2.05) is 63.2 Å². The van der Waals surface area contributed by atoms with Gasteiger partial charge in [0.1, 0.15) is 13.7 Å². The van der Waals surface area contributed by atoms with Crippen LogP contribution in [-0.4, -0.2) is 18.5 Å². The molecule has 0 bridgehead atoms. The summed E-state index contributed by atoms with van der Waals surface area (Å²) in [7, 11) is 1.54. The van der Waals surface area contributed by atoms with Crippen molar-refractivity contribution < 1.29 is 9.68 Å². The first-order valence-corrected chi connectivity index (χ1v) is 8.00. The zero-order chi connectivity index (χ0) is 17.5. The second-order valence-corrected chi connectivity index (χ2v) is 5.86. The Morgan fingerprint density at radius 1 is 1.04 bits per heavy atom. The summed E-state index contributed by atoms with van der Waals surface area (Å²) in [6.07, 6.45) is 0. The molecule has 0 aromatic heterocycles. The molecule has 0 heterocycles.